The summed E-state index contributed by atoms with van der Waals surface area (Å²) in [5.74, 6) is 0.648. The summed E-state index contributed by atoms with van der Waals surface area (Å²) in [7, 11) is 1.59. The van der Waals surface area contributed by atoms with Gasteiger partial charge in [-0.15, -0.1) is 11.3 Å². The first-order valence-corrected chi connectivity index (χ1v) is 7.81. The molecule has 1 heterocycles. The van der Waals surface area contributed by atoms with Gasteiger partial charge in [0.1, 0.15) is 5.75 Å². The van der Waals surface area contributed by atoms with Crippen LogP contribution in [0.25, 0.3) is 0 Å². The second kappa shape index (κ2) is 6.02. The Labute approximate surface area is 133 Å². The maximum absolute atomic E-state index is 6.13. The van der Waals surface area contributed by atoms with Gasteiger partial charge in [0.15, 0.2) is 0 Å². The maximum atomic E-state index is 6.13. The van der Waals surface area contributed by atoms with E-state index in [1.54, 1.807) is 7.11 Å². The molecule has 0 saturated heterocycles. The Kier molecular flexibility index (Phi) is 4.84. The largest absolute Gasteiger partial charge is 0.495 e. The van der Waals surface area contributed by atoms with Crippen LogP contribution in [0.3, 0.4) is 0 Å². The third kappa shape index (κ3) is 2.97. The van der Waals surface area contributed by atoms with Crippen molar-refractivity contribution in [2.45, 2.75) is 4.83 Å². The van der Waals surface area contributed by atoms with Crippen LogP contribution >= 0.6 is 62.1 Å². The van der Waals surface area contributed by atoms with Gasteiger partial charge in [0.25, 0.3) is 0 Å². The molecule has 2 rings (SSSR count). The lowest BCUT2D eigenvalue weighted by atomic mass is 10.1. The first kappa shape index (κ1) is 14.5. The summed E-state index contributed by atoms with van der Waals surface area (Å²) in [5.41, 5.74) is 1.94. The minimum atomic E-state index is -0.0443. The van der Waals surface area contributed by atoms with Gasteiger partial charge in [-0.25, -0.2) is 0 Å². The highest BCUT2D eigenvalue weighted by Crippen LogP contribution is 2.42. The van der Waals surface area contributed by atoms with Gasteiger partial charge in [-0.3, -0.25) is 0 Å². The number of benzene rings is 1. The monoisotopic (exact) mass is 384 g/mol. The maximum Gasteiger partial charge on any atom is 0.137 e. The Hall–Kier alpha value is 0.0700. The smallest absolute Gasteiger partial charge is 0.137 e. The molecular weight excluding hydrogens is 378 g/mol. The van der Waals surface area contributed by atoms with E-state index in [1.807, 2.05) is 24.3 Å². The van der Waals surface area contributed by atoms with Gasteiger partial charge in [0.2, 0.25) is 0 Å². The predicted octanol–water partition coefficient (Wildman–Crippen LogP) is 6.20. The van der Waals surface area contributed by atoms with E-state index < -0.39 is 0 Å². The zero-order valence-corrected chi connectivity index (χ0v) is 13.9. The van der Waals surface area contributed by atoms with Gasteiger partial charge in [-0.2, -0.15) is 0 Å². The van der Waals surface area contributed by atoms with Crippen molar-refractivity contribution in [2.24, 2.45) is 0 Å². The zero-order chi connectivity index (χ0) is 13.3. The Balaban J connectivity index is 2.37. The van der Waals surface area contributed by atoms with E-state index >= 15 is 0 Å². The molecule has 0 fully saturated rings. The number of ether oxygens (including phenoxy) is 1. The van der Waals surface area contributed by atoms with Crippen molar-refractivity contribution < 1.29 is 4.74 Å². The van der Waals surface area contributed by atoms with E-state index in [1.165, 1.54) is 11.3 Å². The molecule has 1 unspecified atom stereocenters. The van der Waals surface area contributed by atoms with Crippen LogP contribution in [0.4, 0.5) is 0 Å². The molecule has 18 heavy (non-hydrogen) atoms. The van der Waals surface area contributed by atoms with E-state index in [0.717, 1.165) is 11.1 Å². The Morgan fingerprint density at radius 2 is 1.94 bits per heavy atom. The standard InChI is InChI=1S/C12H8BrCl3OS/c1-17-9-3-2-6(4-8(9)14)11(13)7-5-10(15)18-12(7)16/h2-5,11H,1H3. The summed E-state index contributed by atoms with van der Waals surface area (Å²) in [6.45, 7) is 0. The van der Waals surface area contributed by atoms with Crippen LogP contribution in [0.15, 0.2) is 24.3 Å². The summed E-state index contributed by atoms with van der Waals surface area (Å²) in [4.78, 5) is -0.0443. The molecule has 0 amide bonds. The highest BCUT2D eigenvalue weighted by atomic mass is 79.9. The van der Waals surface area contributed by atoms with Crippen LogP contribution in [0.5, 0.6) is 5.75 Å². The van der Waals surface area contributed by atoms with Crippen molar-refractivity contribution in [1.29, 1.82) is 0 Å². The van der Waals surface area contributed by atoms with Gasteiger partial charge in [0, 0.05) is 5.56 Å². The molecule has 1 atom stereocenters. The molecule has 1 aromatic heterocycles. The average Bonchev–Trinajstić information content (AvgIpc) is 2.67. The Morgan fingerprint density at radius 1 is 1.22 bits per heavy atom. The van der Waals surface area contributed by atoms with Gasteiger partial charge >= 0.3 is 0 Å². The molecule has 2 aromatic rings. The average molecular weight is 387 g/mol. The van der Waals surface area contributed by atoms with Crippen LogP contribution in [-0.2, 0) is 0 Å². The first-order valence-electron chi connectivity index (χ1n) is 4.95. The molecule has 0 saturated carbocycles. The third-order valence-corrected chi connectivity index (χ3v) is 5.26. The number of alkyl halides is 1. The van der Waals surface area contributed by atoms with Crippen LogP contribution in [0.2, 0.25) is 13.7 Å². The molecule has 0 N–H and O–H groups in total. The van der Waals surface area contributed by atoms with E-state index in [4.69, 9.17) is 39.5 Å². The molecule has 0 aliphatic heterocycles. The van der Waals surface area contributed by atoms with E-state index in [9.17, 15) is 0 Å². The molecular formula is C12H8BrCl3OS. The van der Waals surface area contributed by atoms with Crippen LogP contribution in [0, 0.1) is 0 Å². The van der Waals surface area contributed by atoms with E-state index in [-0.39, 0.29) is 4.83 Å². The summed E-state index contributed by atoms with van der Waals surface area (Å²) in [5, 5.41) is 0.567. The summed E-state index contributed by atoms with van der Waals surface area (Å²) in [6.07, 6.45) is 0. The van der Waals surface area contributed by atoms with Crippen LogP contribution < -0.4 is 4.74 Å². The minimum Gasteiger partial charge on any atom is -0.495 e. The lowest BCUT2D eigenvalue weighted by Crippen LogP contribution is -1.93. The van der Waals surface area contributed by atoms with Crippen molar-refractivity contribution in [1.82, 2.24) is 0 Å². The van der Waals surface area contributed by atoms with Gasteiger partial charge in [-0.1, -0.05) is 56.8 Å². The number of halogens is 4. The van der Waals surface area contributed by atoms with Crippen molar-refractivity contribution >= 4 is 62.1 Å². The molecule has 0 radical (unpaired) electrons. The topological polar surface area (TPSA) is 9.23 Å². The minimum absolute atomic E-state index is 0.0443. The summed E-state index contributed by atoms with van der Waals surface area (Å²) >= 11 is 23.1. The lowest BCUT2D eigenvalue weighted by Gasteiger charge is -2.11. The fourth-order valence-electron chi connectivity index (χ4n) is 1.55. The Bertz CT molecular complexity index is 570. The van der Waals surface area contributed by atoms with Crippen molar-refractivity contribution in [3.05, 3.63) is 49.1 Å². The van der Waals surface area contributed by atoms with Gasteiger partial charge in [0.05, 0.1) is 25.6 Å². The highest BCUT2D eigenvalue weighted by molar-refractivity contribution is 9.09. The summed E-state index contributed by atoms with van der Waals surface area (Å²) in [6, 6.07) is 7.47. The quantitative estimate of drug-likeness (QED) is 0.571. The van der Waals surface area contributed by atoms with Crippen LogP contribution in [-0.4, -0.2) is 7.11 Å². The van der Waals surface area contributed by atoms with Crippen molar-refractivity contribution in [3.8, 4) is 5.75 Å². The highest BCUT2D eigenvalue weighted by Gasteiger charge is 2.17. The number of hydrogen-bond donors (Lipinski definition) is 0. The molecule has 0 spiro atoms. The lowest BCUT2D eigenvalue weighted by molar-refractivity contribution is 0.415. The molecule has 1 nitrogen and oxygen atoms in total. The molecule has 0 bridgehead atoms. The second-order valence-corrected chi connectivity index (χ2v) is 7.14. The summed E-state index contributed by atoms with van der Waals surface area (Å²) < 4.78 is 6.46. The molecule has 96 valence electrons. The molecule has 0 aliphatic rings. The number of thiophene rings is 1. The predicted molar refractivity (Wildman–Crippen MR) is 83.1 cm³/mol. The van der Waals surface area contributed by atoms with Crippen molar-refractivity contribution in [2.75, 3.05) is 7.11 Å². The fraction of sp³-hybridized carbons (Fsp3) is 0.167. The third-order valence-electron chi connectivity index (χ3n) is 2.42. The number of rotatable bonds is 3. The fourth-order valence-corrected chi connectivity index (χ4v) is 4.27. The first-order chi connectivity index (χ1) is 8.52. The number of hydrogen-bond acceptors (Lipinski definition) is 2. The SMILES string of the molecule is COc1ccc(C(Br)c2cc(Cl)sc2Cl)cc1Cl. The van der Waals surface area contributed by atoms with Crippen molar-refractivity contribution in [3.63, 3.8) is 0 Å². The second-order valence-electron chi connectivity index (χ2n) is 3.54. The van der Waals surface area contributed by atoms with Gasteiger partial charge < -0.3 is 4.74 Å². The van der Waals surface area contributed by atoms with Crippen LogP contribution in [0.1, 0.15) is 16.0 Å². The Morgan fingerprint density at radius 3 is 2.44 bits per heavy atom. The molecule has 6 heteroatoms. The normalized spacial score (nSPS) is 12.5. The van der Waals surface area contributed by atoms with E-state index in [2.05, 4.69) is 15.9 Å². The zero-order valence-electron chi connectivity index (χ0n) is 9.22. The molecule has 1 aromatic carbocycles. The molecule has 0 aliphatic carbocycles. The number of methoxy groups -OCH3 is 1. The van der Waals surface area contributed by atoms with E-state index in [0.29, 0.717) is 19.4 Å². The van der Waals surface area contributed by atoms with Gasteiger partial charge in [-0.05, 0) is 23.8 Å².